The quantitative estimate of drug-likeness (QED) is 0.601. The van der Waals surface area contributed by atoms with E-state index in [9.17, 15) is 4.79 Å². The number of para-hydroxylation sites is 1. The van der Waals surface area contributed by atoms with E-state index in [1.165, 1.54) is 0 Å². The van der Waals surface area contributed by atoms with Crippen molar-refractivity contribution in [2.75, 3.05) is 18.7 Å². The predicted octanol–water partition coefficient (Wildman–Crippen LogP) is 3.78. The maximum Gasteiger partial charge on any atom is 0.238 e. The number of hydrogen-bond donors (Lipinski definition) is 1. The molecule has 116 valence electrons. The van der Waals surface area contributed by atoms with Crippen LogP contribution in [-0.4, -0.2) is 19.6 Å². The van der Waals surface area contributed by atoms with Gasteiger partial charge in [0.2, 0.25) is 5.91 Å². The molecule has 0 heterocycles. The first kappa shape index (κ1) is 16.4. The Bertz CT molecular complexity index is 587. The minimum Gasteiger partial charge on any atom is -0.494 e. The molecule has 0 saturated heterocycles. The molecule has 2 aromatic rings. The highest BCUT2D eigenvalue weighted by Crippen LogP contribution is 2.16. The van der Waals surface area contributed by atoms with E-state index < -0.39 is 0 Å². The predicted molar refractivity (Wildman–Crippen MR) is 91.9 cm³/mol. The molecule has 0 aliphatic heterocycles. The maximum absolute atomic E-state index is 11.9. The van der Waals surface area contributed by atoms with Crippen LogP contribution in [0.2, 0.25) is 0 Å². The van der Waals surface area contributed by atoms with Crippen molar-refractivity contribution in [3.63, 3.8) is 0 Å². The van der Waals surface area contributed by atoms with Crippen molar-refractivity contribution < 1.29 is 9.53 Å². The average Bonchev–Trinajstić information content (AvgIpc) is 2.54. The molecule has 0 aromatic heterocycles. The van der Waals surface area contributed by atoms with Crippen LogP contribution in [0.15, 0.2) is 59.1 Å². The lowest BCUT2D eigenvalue weighted by Gasteiger charge is -2.20. The van der Waals surface area contributed by atoms with E-state index in [4.69, 9.17) is 4.74 Å². The second kappa shape index (κ2) is 8.44. The number of amides is 1. The van der Waals surface area contributed by atoms with Crippen LogP contribution in [0.5, 0.6) is 5.75 Å². The summed E-state index contributed by atoms with van der Waals surface area (Å²) >= 11 is 3.38. The third-order valence-electron chi connectivity index (χ3n) is 3.07. The van der Waals surface area contributed by atoms with Crippen LogP contribution in [0.4, 0.5) is 5.69 Å². The molecular weight excluding hydrogens is 344 g/mol. The Hall–Kier alpha value is -2.01. The molecule has 2 aromatic carbocycles. The van der Waals surface area contributed by atoms with Gasteiger partial charge in [-0.3, -0.25) is 15.2 Å². The number of carbonyl (C=O) groups excluding carboxylic acids is 1. The first-order valence-electron chi connectivity index (χ1n) is 7.12. The minimum atomic E-state index is -0.0224. The lowest BCUT2D eigenvalue weighted by Crippen LogP contribution is -2.39. The zero-order valence-corrected chi connectivity index (χ0v) is 14.0. The van der Waals surface area contributed by atoms with Gasteiger partial charge in [-0.25, -0.2) is 0 Å². The smallest absolute Gasteiger partial charge is 0.238 e. The van der Waals surface area contributed by atoms with Crippen molar-refractivity contribution >= 4 is 27.5 Å². The standard InChI is InChI=1S/C17H19BrN2O2/c1-20(15-6-3-2-4-7-15)19-17(21)8-5-13-22-16-11-9-14(18)10-12-16/h2-4,6-7,9-12H,5,8,13H2,1H3,(H,19,21). The van der Waals surface area contributed by atoms with Crippen molar-refractivity contribution in [2.24, 2.45) is 0 Å². The van der Waals surface area contributed by atoms with E-state index in [1.807, 2.05) is 61.6 Å². The summed E-state index contributed by atoms with van der Waals surface area (Å²) in [7, 11) is 1.82. The van der Waals surface area contributed by atoms with Gasteiger partial charge in [0.05, 0.1) is 12.3 Å². The van der Waals surface area contributed by atoms with E-state index in [-0.39, 0.29) is 5.91 Å². The number of hydrazine groups is 1. The lowest BCUT2D eigenvalue weighted by atomic mass is 10.3. The molecule has 4 nitrogen and oxygen atoms in total. The van der Waals surface area contributed by atoms with Gasteiger partial charge in [-0.15, -0.1) is 0 Å². The van der Waals surface area contributed by atoms with Gasteiger partial charge in [-0.2, -0.15) is 0 Å². The number of rotatable bonds is 7. The van der Waals surface area contributed by atoms with Gasteiger partial charge in [-0.05, 0) is 42.8 Å². The molecule has 0 spiro atoms. The van der Waals surface area contributed by atoms with Crippen molar-refractivity contribution in [1.29, 1.82) is 0 Å². The molecule has 0 radical (unpaired) electrons. The van der Waals surface area contributed by atoms with Crippen LogP contribution < -0.4 is 15.2 Å². The van der Waals surface area contributed by atoms with Gasteiger partial charge in [0, 0.05) is 17.9 Å². The summed E-state index contributed by atoms with van der Waals surface area (Å²) in [5.41, 5.74) is 3.78. The first-order chi connectivity index (χ1) is 10.6. The Morgan fingerprint density at radius 3 is 2.50 bits per heavy atom. The normalized spacial score (nSPS) is 10.1. The monoisotopic (exact) mass is 362 g/mol. The summed E-state index contributed by atoms with van der Waals surface area (Å²) in [6.45, 7) is 0.518. The average molecular weight is 363 g/mol. The minimum absolute atomic E-state index is 0.0224. The Kier molecular flexibility index (Phi) is 6.27. The lowest BCUT2D eigenvalue weighted by molar-refractivity contribution is -0.121. The largest absolute Gasteiger partial charge is 0.494 e. The molecule has 0 aliphatic carbocycles. The van der Waals surface area contributed by atoms with Gasteiger partial charge in [-0.1, -0.05) is 34.1 Å². The fraction of sp³-hybridized carbons (Fsp3) is 0.235. The van der Waals surface area contributed by atoms with Gasteiger partial charge < -0.3 is 4.74 Å². The molecule has 22 heavy (non-hydrogen) atoms. The highest BCUT2D eigenvalue weighted by atomic mass is 79.9. The second-order valence-corrected chi connectivity index (χ2v) is 5.75. The molecule has 2 rings (SSSR count). The Morgan fingerprint density at radius 1 is 1.14 bits per heavy atom. The van der Waals surface area contributed by atoms with Gasteiger partial charge >= 0.3 is 0 Å². The number of benzene rings is 2. The van der Waals surface area contributed by atoms with E-state index in [2.05, 4.69) is 21.4 Å². The molecule has 0 fully saturated rings. The van der Waals surface area contributed by atoms with E-state index in [1.54, 1.807) is 5.01 Å². The van der Waals surface area contributed by atoms with Crippen LogP contribution in [0.3, 0.4) is 0 Å². The molecule has 0 unspecified atom stereocenters. The number of carbonyl (C=O) groups is 1. The number of nitrogens with zero attached hydrogens (tertiary/aromatic N) is 1. The van der Waals surface area contributed by atoms with Gasteiger partial charge in [0.1, 0.15) is 5.75 Å². The van der Waals surface area contributed by atoms with E-state index in [0.29, 0.717) is 19.4 Å². The Morgan fingerprint density at radius 2 is 1.82 bits per heavy atom. The van der Waals surface area contributed by atoms with E-state index >= 15 is 0 Å². The topological polar surface area (TPSA) is 41.6 Å². The van der Waals surface area contributed by atoms with Gasteiger partial charge in [0.25, 0.3) is 0 Å². The number of nitrogens with one attached hydrogen (secondary N) is 1. The summed E-state index contributed by atoms with van der Waals surface area (Å²) in [6.07, 6.45) is 1.10. The molecular formula is C17H19BrN2O2. The molecule has 0 atom stereocenters. The highest BCUT2D eigenvalue weighted by molar-refractivity contribution is 9.10. The zero-order valence-electron chi connectivity index (χ0n) is 12.5. The second-order valence-electron chi connectivity index (χ2n) is 4.84. The molecule has 1 N–H and O–H groups in total. The summed E-state index contributed by atoms with van der Waals surface area (Å²) in [6, 6.07) is 17.3. The highest BCUT2D eigenvalue weighted by Gasteiger charge is 2.05. The van der Waals surface area contributed by atoms with Crippen LogP contribution in [-0.2, 0) is 4.79 Å². The molecule has 0 saturated carbocycles. The van der Waals surface area contributed by atoms with E-state index in [0.717, 1.165) is 15.9 Å². The first-order valence-corrected chi connectivity index (χ1v) is 7.91. The molecule has 5 heteroatoms. The number of hydrogen-bond acceptors (Lipinski definition) is 3. The van der Waals surface area contributed by atoms with Crippen molar-refractivity contribution in [1.82, 2.24) is 5.43 Å². The van der Waals surface area contributed by atoms with Crippen LogP contribution in [0.1, 0.15) is 12.8 Å². The van der Waals surface area contributed by atoms with Crippen molar-refractivity contribution in [3.05, 3.63) is 59.1 Å². The van der Waals surface area contributed by atoms with Crippen molar-refractivity contribution in [3.8, 4) is 5.75 Å². The third kappa shape index (κ3) is 5.41. The number of anilines is 1. The fourth-order valence-electron chi connectivity index (χ4n) is 1.91. The molecule has 0 bridgehead atoms. The van der Waals surface area contributed by atoms with Crippen LogP contribution >= 0.6 is 15.9 Å². The van der Waals surface area contributed by atoms with Crippen LogP contribution in [0, 0.1) is 0 Å². The fourth-order valence-corrected chi connectivity index (χ4v) is 2.18. The zero-order chi connectivity index (χ0) is 15.8. The maximum atomic E-state index is 11.9. The SMILES string of the molecule is CN(NC(=O)CCCOc1ccc(Br)cc1)c1ccccc1. The number of halogens is 1. The Labute approximate surface area is 139 Å². The summed E-state index contributed by atoms with van der Waals surface area (Å²) < 4.78 is 6.60. The van der Waals surface area contributed by atoms with Crippen molar-refractivity contribution in [2.45, 2.75) is 12.8 Å². The molecule has 0 aliphatic rings. The number of ether oxygens (including phenoxy) is 1. The third-order valence-corrected chi connectivity index (χ3v) is 3.60. The van der Waals surface area contributed by atoms with Crippen LogP contribution in [0.25, 0.3) is 0 Å². The summed E-state index contributed by atoms with van der Waals surface area (Å²) in [5.74, 6) is 0.788. The summed E-state index contributed by atoms with van der Waals surface area (Å²) in [5, 5.41) is 1.72. The molecule has 1 amide bonds. The van der Waals surface area contributed by atoms with Gasteiger partial charge in [0.15, 0.2) is 0 Å². The summed E-state index contributed by atoms with van der Waals surface area (Å²) in [4.78, 5) is 11.9. The Balaban J connectivity index is 1.66.